The zero-order valence-electron chi connectivity index (χ0n) is 36.7. The Bertz CT molecular complexity index is 2390. The van der Waals surface area contributed by atoms with Crippen LogP contribution < -0.4 is 10.6 Å². The molecule has 4 N–H and O–H groups in total. The summed E-state index contributed by atoms with van der Waals surface area (Å²) in [7, 11) is 5.89. The lowest BCUT2D eigenvalue weighted by Crippen LogP contribution is -2.51. The topological polar surface area (TPSA) is 193 Å². The van der Waals surface area contributed by atoms with Crippen molar-refractivity contribution in [2.75, 3.05) is 54.7 Å². The second-order valence-electron chi connectivity index (χ2n) is 17.1. The van der Waals surface area contributed by atoms with Crippen LogP contribution in [0.5, 0.6) is 0 Å². The van der Waals surface area contributed by atoms with Gasteiger partial charge in [0.2, 0.25) is 11.8 Å². The summed E-state index contributed by atoms with van der Waals surface area (Å²) in [5.74, 6) is 0.917. The van der Waals surface area contributed by atoms with Crippen LogP contribution in [-0.4, -0.2) is 121 Å². The predicted molar refractivity (Wildman–Crippen MR) is 234 cm³/mol. The van der Waals surface area contributed by atoms with Gasteiger partial charge in [0.15, 0.2) is 0 Å². The summed E-state index contributed by atoms with van der Waals surface area (Å²) < 4.78 is 20.6. The quantitative estimate of drug-likeness (QED) is 0.0946. The van der Waals surface area contributed by atoms with Gasteiger partial charge in [0.25, 0.3) is 0 Å². The van der Waals surface area contributed by atoms with Crippen LogP contribution in [0.25, 0.3) is 44.2 Å². The van der Waals surface area contributed by atoms with Crippen molar-refractivity contribution >= 4 is 45.8 Å². The summed E-state index contributed by atoms with van der Waals surface area (Å²) in [5, 5.41) is 7.45. The molecule has 62 heavy (non-hydrogen) atoms. The fraction of sp³-hybridized carbons (Fsp3) is 0.478. The highest BCUT2D eigenvalue weighted by molar-refractivity contribution is 6.05. The zero-order chi connectivity index (χ0) is 44.2. The Labute approximate surface area is 361 Å². The van der Waals surface area contributed by atoms with E-state index in [-0.39, 0.29) is 47.6 Å². The van der Waals surface area contributed by atoms with Gasteiger partial charge in [-0.2, -0.15) is 0 Å². The van der Waals surface area contributed by atoms with Crippen molar-refractivity contribution in [1.29, 1.82) is 0 Å². The number of imidazole rings is 2. The number of H-pyrrole nitrogens is 2. The van der Waals surface area contributed by atoms with Gasteiger partial charge in [0.1, 0.15) is 23.7 Å². The third-order valence-corrected chi connectivity index (χ3v) is 12.2. The molecule has 3 aromatic carbocycles. The van der Waals surface area contributed by atoms with Gasteiger partial charge in [-0.15, -0.1) is 0 Å². The molecule has 0 bridgehead atoms. The number of benzene rings is 3. The molecule has 6 atom stereocenters. The summed E-state index contributed by atoms with van der Waals surface area (Å²) in [5.41, 5.74) is 5.55. The molecular weight excluding hydrogens is 793 g/mol. The molecule has 330 valence electrons. The van der Waals surface area contributed by atoms with Gasteiger partial charge in [-0.3, -0.25) is 9.59 Å². The summed E-state index contributed by atoms with van der Waals surface area (Å²) in [6.07, 6.45) is 1.84. The maximum atomic E-state index is 14.0. The molecule has 0 saturated carbocycles. The third-order valence-electron chi connectivity index (χ3n) is 12.2. The number of ether oxygens (including phenoxy) is 4. The zero-order valence-corrected chi connectivity index (χ0v) is 36.7. The van der Waals surface area contributed by atoms with Crippen LogP contribution in [0.3, 0.4) is 0 Å². The Morgan fingerprint density at radius 2 is 1.23 bits per heavy atom. The summed E-state index contributed by atoms with van der Waals surface area (Å²) in [6.45, 7) is 9.55. The Morgan fingerprint density at radius 3 is 1.76 bits per heavy atom. The van der Waals surface area contributed by atoms with E-state index in [2.05, 4.69) is 69.1 Å². The van der Waals surface area contributed by atoms with E-state index in [4.69, 9.17) is 28.9 Å². The normalized spacial score (nSPS) is 20.0. The van der Waals surface area contributed by atoms with E-state index in [1.54, 1.807) is 25.3 Å². The molecule has 16 heteroatoms. The Hall–Kier alpha value is -6.00. The lowest BCUT2D eigenvalue weighted by molar-refractivity contribution is -0.136. The summed E-state index contributed by atoms with van der Waals surface area (Å²) >= 11 is 0. The molecule has 16 nitrogen and oxygen atoms in total. The molecule has 4 amide bonds. The monoisotopic (exact) mass is 850 g/mol. The number of aromatic amines is 2. The highest BCUT2D eigenvalue weighted by Gasteiger charge is 2.43. The first-order valence-electron chi connectivity index (χ1n) is 21.2. The van der Waals surface area contributed by atoms with Gasteiger partial charge in [-0.1, -0.05) is 70.2 Å². The van der Waals surface area contributed by atoms with Crippen LogP contribution in [0.1, 0.15) is 64.3 Å². The SMILES string of the molecule is COC[C@H]1C[C@@H](c2ncc(-c3ccc(-c4ccc5c(ccc6[nH]c([C@@H]7C[C@H](COC)CN7C(=O)[C@@H](NC(=O)OC)C(C)C)nc65)c4)cc3)[nH]2)N(C(=O)C(NC(=O)OC)C(C)C)C1. The minimum Gasteiger partial charge on any atom is -0.453 e. The van der Waals surface area contributed by atoms with Crippen molar-refractivity contribution < 1.29 is 38.1 Å². The van der Waals surface area contributed by atoms with Gasteiger partial charge < -0.3 is 49.3 Å². The fourth-order valence-corrected chi connectivity index (χ4v) is 8.97. The molecule has 2 saturated heterocycles. The molecule has 4 heterocycles. The molecule has 2 aliphatic heterocycles. The van der Waals surface area contributed by atoms with E-state index in [0.717, 1.165) is 44.2 Å². The minimum atomic E-state index is -0.753. The van der Waals surface area contributed by atoms with Crippen molar-refractivity contribution in [1.82, 2.24) is 40.4 Å². The van der Waals surface area contributed by atoms with Crippen LogP contribution >= 0.6 is 0 Å². The average Bonchev–Trinajstić information content (AvgIpc) is 4.10. The number of methoxy groups -OCH3 is 4. The number of hydrogen-bond acceptors (Lipinski definition) is 10. The van der Waals surface area contributed by atoms with Crippen molar-refractivity contribution in [2.45, 2.75) is 64.7 Å². The first-order chi connectivity index (χ1) is 29.8. The van der Waals surface area contributed by atoms with Gasteiger partial charge in [0.05, 0.1) is 62.4 Å². The Morgan fingerprint density at radius 1 is 0.694 bits per heavy atom. The average molecular weight is 851 g/mol. The van der Waals surface area contributed by atoms with Crippen molar-refractivity contribution in [3.05, 3.63) is 72.4 Å². The number of nitrogens with one attached hydrogen (secondary N) is 4. The molecule has 1 unspecified atom stereocenters. The number of nitrogens with zero attached hydrogens (tertiary/aromatic N) is 4. The number of fused-ring (bicyclic) bond motifs is 3. The van der Waals surface area contributed by atoms with E-state index in [1.807, 2.05) is 38.7 Å². The molecule has 5 aromatic rings. The number of aromatic nitrogens is 4. The fourth-order valence-electron chi connectivity index (χ4n) is 8.97. The van der Waals surface area contributed by atoms with Crippen LogP contribution in [0.15, 0.2) is 60.8 Å². The van der Waals surface area contributed by atoms with Crippen molar-refractivity contribution in [3.8, 4) is 22.4 Å². The number of carbonyl (C=O) groups excluding carboxylic acids is 4. The predicted octanol–water partition coefficient (Wildman–Crippen LogP) is 6.61. The third kappa shape index (κ3) is 9.12. The number of likely N-dealkylation sites (tertiary alicyclic amines) is 2. The molecule has 2 aliphatic rings. The maximum absolute atomic E-state index is 14.0. The standard InChI is InChI=1S/C46H58N8O8/c1-25(2)38(51-45(57)61-7)43(55)53-21-27(23-59-5)17-36(53)41-47-20-35(49-41)30-11-9-29(10-12-30)31-13-15-33-32(19-31)14-16-34-40(33)50-42(48-34)37-18-28(24-60-6)22-54(37)44(56)39(26(3)4)52-46(58)62-8/h9-16,19-20,25-28,36-39H,17-18,21-24H2,1-8H3,(H,47,49)(H,48,50)(H,51,57)(H,52,58)/t27-,28-,36-,37-,38?,39-/m0/s1. The smallest absolute Gasteiger partial charge is 0.407 e. The molecule has 0 aliphatic carbocycles. The van der Waals surface area contributed by atoms with Crippen LogP contribution in [-0.2, 0) is 28.5 Å². The maximum Gasteiger partial charge on any atom is 0.407 e. The number of hydrogen-bond donors (Lipinski definition) is 4. The number of rotatable bonds is 14. The molecular formula is C46H58N8O8. The lowest BCUT2D eigenvalue weighted by atomic mass is 9.99. The highest BCUT2D eigenvalue weighted by Crippen LogP contribution is 2.39. The van der Waals surface area contributed by atoms with Crippen LogP contribution in [0, 0.1) is 23.7 Å². The van der Waals surface area contributed by atoms with E-state index in [9.17, 15) is 19.2 Å². The minimum absolute atomic E-state index is 0.108. The Balaban J connectivity index is 1.10. The molecule has 2 aromatic heterocycles. The highest BCUT2D eigenvalue weighted by atomic mass is 16.5. The van der Waals surface area contributed by atoms with Crippen molar-refractivity contribution in [3.63, 3.8) is 0 Å². The lowest BCUT2D eigenvalue weighted by Gasteiger charge is -2.30. The van der Waals surface area contributed by atoms with Crippen molar-refractivity contribution in [2.24, 2.45) is 23.7 Å². The first kappa shape index (κ1) is 44.1. The van der Waals surface area contributed by atoms with Gasteiger partial charge in [-0.25, -0.2) is 19.6 Å². The molecule has 2 fully saturated rings. The van der Waals surface area contributed by atoms with E-state index < -0.39 is 24.3 Å². The van der Waals surface area contributed by atoms with Gasteiger partial charge in [-0.05, 0) is 58.9 Å². The van der Waals surface area contributed by atoms with Crippen LogP contribution in [0.2, 0.25) is 0 Å². The first-order valence-corrected chi connectivity index (χ1v) is 21.2. The second-order valence-corrected chi connectivity index (χ2v) is 17.1. The molecule has 7 rings (SSSR count). The molecule has 0 spiro atoms. The summed E-state index contributed by atoms with van der Waals surface area (Å²) in [6, 6.07) is 16.6. The number of amides is 4. The van der Waals surface area contributed by atoms with E-state index >= 15 is 0 Å². The largest absolute Gasteiger partial charge is 0.453 e. The Kier molecular flexibility index (Phi) is 13.5. The molecule has 0 radical (unpaired) electrons. The number of alkyl carbamates (subject to hydrolysis) is 2. The summed E-state index contributed by atoms with van der Waals surface area (Å²) in [4.78, 5) is 72.7. The van der Waals surface area contributed by atoms with E-state index in [1.165, 1.54) is 14.2 Å². The van der Waals surface area contributed by atoms with Gasteiger partial charge in [0, 0.05) is 44.5 Å². The van der Waals surface area contributed by atoms with Crippen LogP contribution in [0.4, 0.5) is 9.59 Å². The van der Waals surface area contributed by atoms with Gasteiger partial charge >= 0.3 is 12.2 Å². The number of carbonyl (C=O) groups is 4. The van der Waals surface area contributed by atoms with E-state index in [0.29, 0.717) is 50.8 Å². The second kappa shape index (κ2) is 18.9.